The van der Waals surface area contributed by atoms with Crippen molar-refractivity contribution in [3.8, 4) is 5.75 Å². The lowest BCUT2D eigenvalue weighted by Crippen LogP contribution is -2.29. The molecule has 0 saturated carbocycles. The van der Waals surface area contributed by atoms with Gasteiger partial charge in [-0.15, -0.1) is 11.3 Å². The van der Waals surface area contributed by atoms with Gasteiger partial charge in [0.15, 0.2) is 5.78 Å². The van der Waals surface area contributed by atoms with Crippen LogP contribution < -0.4 is 14.8 Å². The average molecular weight is 351 g/mol. The molecule has 1 heterocycles. The Morgan fingerprint density at radius 3 is 2.48 bits per heavy atom. The van der Waals surface area contributed by atoms with Crippen molar-refractivity contribution < 1.29 is 9.90 Å². The highest BCUT2D eigenvalue weighted by molar-refractivity contribution is 7.07. The van der Waals surface area contributed by atoms with Crippen LogP contribution in [0.25, 0.3) is 12.2 Å². The first-order valence-electron chi connectivity index (χ1n) is 7.74. The molecule has 0 aliphatic carbocycles. The highest BCUT2D eigenvalue weighted by Crippen LogP contribution is 2.10. The van der Waals surface area contributed by atoms with Crippen LogP contribution in [-0.2, 0) is 7.05 Å². The van der Waals surface area contributed by atoms with E-state index in [4.69, 9.17) is 0 Å². The first-order chi connectivity index (χ1) is 12.0. The maximum Gasteiger partial charge on any atom is 0.268 e. The maximum atomic E-state index is 12.5. The average Bonchev–Trinajstić information content (AvgIpc) is 2.85. The van der Waals surface area contributed by atoms with Crippen molar-refractivity contribution in [3.05, 3.63) is 84.8 Å². The lowest BCUT2D eigenvalue weighted by molar-refractivity contribution is 0.106. The molecule has 5 heteroatoms. The Kier molecular flexibility index (Phi) is 4.67. The number of aromatic nitrogens is 1. The molecule has 25 heavy (non-hydrogen) atoms. The Balaban J connectivity index is 2.07. The summed E-state index contributed by atoms with van der Waals surface area (Å²) >= 11 is 1.27. The normalized spacial score (nSPS) is 12.6. The Bertz CT molecular complexity index is 1110. The molecule has 4 nitrogen and oxygen atoms in total. The van der Waals surface area contributed by atoms with E-state index >= 15 is 0 Å². The zero-order chi connectivity index (χ0) is 18.0. The molecular weight excluding hydrogens is 334 g/mol. The molecule has 1 N–H and O–H groups in total. The van der Waals surface area contributed by atoms with Crippen LogP contribution in [0.5, 0.6) is 5.75 Å². The van der Waals surface area contributed by atoms with Crippen LogP contribution >= 0.6 is 11.3 Å². The van der Waals surface area contributed by atoms with Gasteiger partial charge in [-0.2, -0.15) is 0 Å². The number of ketones is 1. The number of hydrogen-bond donors (Lipinski definition) is 1. The van der Waals surface area contributed by atoms with Gasteiger partial charge in [0.25, 0.3) is 5.56 Å². The van der Waals surface area contributed by atoms with Crippen LogP contribution in [0.4, 0.5) is 0 Å². The van der Waals surface area contributed by atoms with Gasteiger partial charge in [0.2, 0.25) is 0 Å². The molecule has 126 valence electrons. The number of phenols is 1. The highest BCUT2D eigenvalue weighted by Gasteiger charge is 2.07. The molecule has 1 aromatic heterocycles. The number of thiazole rings is 1. The van der Waals surface area contributed by atoms with Crippen LogP contribution in [0, 0.1) is 6.92 Å². The van der Waals surface area contributed by atoms with E-state index in [0.717, 1.165) is 11.1 Å². The number of benzene rings is 2. The van der Waals surface area contributed by atoms with Gasteiger partial charge in [0.1, 0.15) is 10.4 Å². The molecular formula is C20H17NO3S. The van der Waals surface area contributed by atoms with Gasteiger partial charge in [0.05, 0.1) is 4.53 Å². The summed E-state index contributed by atoms with van der Waals surface area (Å²) in [7, 11) is 1.66. The molecule has 2 aromatic carbocycles. The van der Waals surface area contributed by atoms with Crippen molar-refractivity contribution in [2.24, 2.45) is 7.05 Å². The fraction of sp³-hybridized carbons (Fsp3) is 0.100. The van der Waals surface area contributed by atoms with E-state index in [2.05, 4.69) is 0 Å². The van der Waals surface area contributed by atoms with Gasteiger partial charge in [-0.25, -0.2) is 0 Å². The third kappa shape index (κ3) is 3.61. The summed E-state index contributed by atoms with van der Waals surface area (Å²) in [5, 5.41) is 9.34. The van der Waals surface area contributed by atoms with Gasteiger partial charge in [0, 0.05) is 18.7 Å². The third-order valence-electron chi connectivity index (χ3n) is 3.92. The number of nitrogens with zero attached hydrogens (tertiary/aromatic N) is 1. The number of aryl methyl sites for hydroxylation is 1. The second-order valence-corrected chi connectivity index (χ2v) is 6.79. The zero-order valence-electron chi connectivity index (χ0n) is 13.9. The summed E-state index contributed by atoms with van der Waals surface area (Å²) in [5.41, 5.74) is 2.20. The third-order valence-corrected chi connectivity index (χ3v) is 5.03. The number of hydrogen-bond acceptors (Lipinski definition) is 4. The molecule has 0 aliphatic heterocycles. The summed E-state index contributed by atoms with van der Waals surface area (Å²) in [6.45, 7) is 1.89. The molecule has 0 saturated heterocycles. The SMILES string of the molecule is Cc1ccccc1C(=O)/C=c1/s/c(=C\c2ccc(O)cc2)c(=O)n1C. The number of aromatic hydroxyl groups is 1. The summed E-state index contributed by atoms with van der Waals surface area (Å²) in [4.78, 5) is 24.9. The molecule has 3 aromatic rings. The summed E-state index contributed by atoms with van der Waals surface area (Å²) in [5.74, 6) is 0.0558. The van der Waals surface area contributed by atoms with E-state index in [1.165, 1.54) is 22.0 Å². The summed E-state index contributed by atoms with van der Waals surface area (Å²) in [6, 6.07) is 14.0. The summed E-state index contributed by atoms with van der Waals surface area (Å²) < 4.78 is 2.62. The molecule has 0 aliphatic rings. The van der Waals surface area contributed by atoms with Crippen molar-refractivity contribution in [2.75, 3.05) is 0 Å². The lowest BCUT2D eigenvalue weighted by atomic mass is 10.1. The van der Waals surface area contributed by atoms with Crippen molar-refractivity contribution in [3.63, 3.8) is 0 Å². The highest BCUT2D eigenvalue weighted by atomic mass is 32.1. The second kappa shape index (κ2) is 6.91. The molecule has 0 radical (unpaired) electrons. The van der Waals surface area contributed by atoms with Gasteiger partial charge < -0.3 is 9.67 Å². The Hall–Kier alpha value is -2.92. The minimum Gasteiger partial charge on any atom is -0.508 e. The van der Waals surface area contributed by atoms with E-state index in [1.54, 1.807) is 43.5 Å². The predicted octanol–water partition coefficient (Wildman–Crippen LogP) is 1.95. The van der Waals surface area contributed by atoms with E-state index in [1.807, 2.05) is 25.1 Å². The number of carbonyl (C=O) groups is 1. The molecule has 0 unspecified atom stereocenters. The molecule has 3 rings (SSSR count). The van der Waals surface area contributed by atoms with Gasteiger partial charge >= 0.3 is 0 Å². The molecule has 0 fully saturated rings. The quantitative estimate of drug-likeness (QED) is 0.734. The van der Waals surface area contributed by atoms with Crippen LogP contribution in [0.3, 0.4) is 0 Å². The Morgan fingerprint density at radius 1 is 1.12 bits per heavy atom. The Labute approximate surface area is 148 Å². The minimum atomic E-state index is -0.151. The molecule has 0 spiro atoms. The zero-order valence-corrected chi connectivity index (χ0v) is 14.7. The van der Waals surface area contributed by atoms with E-state index in [0.29, 0.717) is 14.8 Å². The fourth-order valence-corrected chi connectivity index (χ4v) is 3.50. The van der Waals surface area contributed by atoms with E-state index in [-0.39, 0.29) is 17.1 Å². The number of phenolic OH excluding ortho intramolecular Hbond substituents is 1. The number of Topliss-reactive ketones (excluding diaryl/α,β-unsaturated/α-hetero) is 1. The van der Waals surface area contributed by atoms with Crippen LogP contribution in [-0.4, -0.2) is 15.5 Å². The monoisotopic (exact) mass is 351 g/mol. The first-order valence-corrected chi connectivity index (χ1v) is 8.55. The lowest BCUT2D eigenvalue weighted by Gasteiger charge is -1.99. The minimum absolute atomic E-state index is 0.119. The predicted molar refractivity (Wildman–Crippen MR) is 100 cm³/mol. The molecule has 0 bridgehead atoms. The van der Waals surface area contributed by atoms with Crippen LogP contribution in [0.1, 0.15) is 21.5 Å². The van der Waals surface area contributed by atoms with Crippen LogP contribution in [0.15, 0.2) is 53.3 Å². The molecule has 0 amide bonds. The van der Waals surface area contributed by atoms with Crippen molar-refractivity contribution in [1.82, 2.24) is 4.57 Å². The van der Waals surface area contributed by atoms with Crippen molar-refractivity contribution >= 4 is 29.3 Å². The smallest absolute Gasteiger partial charge is 0.268 e. The molecule has 0 atom stereocenters. The number of carbonyl (C=O) groups excluding carboxylic acids is 1. The van der Waals surface area contributed by atoms with Gasteiger partial charge in [-0.05, 0) is 36.3 Å². The summed E-state index contributed by atoms with van der Waals surface area (Å²) in [6.07, 6.45) is 3.25. The number of rotatable bonds is 3. The van der Waals surface area contributed by atoms with E-state index < -0.39 is 0 Å². The second-order valence-electron chi connectivity index (χ2n) is 5.73. The maximum absolute atomic E-state index is 12.5. The first kappa shape index (κ1) is 16.9. The van der Waals surface area contributed by atoms with Crippen LogP contribution in [0.2, 0.25) is 0 Å². The fourth-order valence-electron chi connectivity index (χ4n) is 2.47. The van der Waals surface area contributed by atoms with Crippen molar-refractivity contribution in [1.29, 1.82) is 0 Å². The largest absolute Gasteiger partial charge is 0.508 e. The van der Waals surface area contributed by atoms with E-state index in [9.17, 15) is 14.7 Å². The topological polar surface area (TPSA) is 59.3 Å². The van der Waals surface area contributed by atoms with Gasteiger partial charge in [-0.3, -0.25) is 9.59 Å². The van der Waals surface area contributed by atoms with Crippen molar-refractivity contribution in [2.45, 2.75) is 6.92 Å². The standard InChI is InChI=1S/C20H17NO3S/c1-13-5-3-4-6-16(13)17(23)12-19-21(2)20(24)18(25-19)11-14-7-9-15(22)10-8-14/h3-12,22H,1-2H3/b18-11-,19-12+. The van der Waals surface area contributed by atoms with Gasteiger partial charge in [-0.1, -0.05) is 36.4 Å². The Morgan fingerprint density at radius 2 is 1.80 bits per heavy atom.